The van der Waals surface area contributed by atoms with Gasteiger partial charge in [-0.3, -0.25) is 0 Å². The smallest absolute Gasteiger partial charge is 0.243 e. The third kappa shape index (κ3) is 1.75. The minimum absolute atomic E-state index is 0.370. The van der Waals surface area contributed by atoms with Gasteiger partial charge in [0, 0.05) is 25.2 Å². The van der Waals surface area contributed by atoms with Crippen LogP contribution in [0.15, 0.2) is 29.0 Å². The summed E-state index contributed by atoms with van der Waals surface area (Å²) >= 11 is 0. The third-order valence-corrected chi connectivity index (χ3v) is 3.24. The fraction of sp³-hybridized carbons (Fsp3) is 0.417. The average Bonchev–Trinajstić information content (AvgIpc) is 2.97. The molecule has 0 spiro atoms. The van der Waals surface area contributed by atoms with Crippen molar-refractivity contribution in [1.82, 2.24) is 4.98 Å². The lowest BCUT2D eigenvalue weighted by atomic mass is 10.1. The summed E-state index contributed by atoms with van der Waals surface area (Å²) in [5, 5.41) is 0.891. The lowest BCUT2D eigenvalue weighted by molar-refractivity contribution is 0.0880. The van der Waals surface area contributed by atoms with Crippen LogP contribution in [0.2, 0.25) is 0 Å². The molecule has 1 aliphatic heterocycles. The van der Waals surface area contributed by atoms with Gasteiger partial charge >= 0.3 is 0 Å². The van der Waals surface area contributed by atoms with E-state index in [1.807, 2.05) is 11.0 Å². The van der Waals surface area contributed by atoms with Gasteiger partial charge in [0.1, 0.15) is 11.4 Å². The number of alkyl halides is 2. The first-order valence-electron chi connectivity index (χ1n) is 5.61. The molecule has 0 radical (unpaired) electrons. The monoisotopic (exact) mass is 238 g/mol. The van der Waals surface area contributed by atoms with Crippen LogP contribution < -0.4 is 4.90 Å². The number of pyridine rings is 1. The molecule has 0 N–H and O–H groups in total. The molecule has 0 saturated carbocycles. The SMILES string of the molecule is FC(F)C1CCN(c2nccc3occc23)C1. The Kier molecular flexibility index (Phi) is 2.46. The molecule has 3 rings (SSSR count). The fourth-order valence-corrected chi connectivity index (χ4v) is 2.32. The molecule has 0 aromatic carbocycles. The predicted octanol–water partition coefficient (Wildman–Crippen LogP) is 2.92. The third-order valence-electron chi connectivity index (χ3n) is 3.24. The second-order valence-electron chi connectivity index (χ2n) is 4.30. The van der Waals surface area contributed by atoms with Crippen molar-refractivity contribution in [2.45, 2.75) is 12.8 Å². The van der Waals surface area contributed by atoms with Crippen molar-refractivity contribution in [2.75, 3.05) is 18.0 Å². The van der Waals surface area contributed by atoms with E-state index in [0.717, 1.165) is 16.8 Å². The number of fused-ring (bicyclic) bond motifs is 1. The normalized spacial score (nSPS) is 20.6. The van der Waals surface area contributed by atoms with Crippen molar-refractivity contribution in [3.05, 3.63) is 24.6 Å². The predicted molar refractivity (Wildman–Crippen MR) is 60.3 cm³/mol. The Hall–Kier alpha value is -1.65. The molecule has 1 atom stereocenters. The van der Waals surface area contributed by atoms with Gasteiger partial charge in [-0.05, 0) is 18.6 Å². The molecule has 0 aliphatic carbocycles. The summed E-state index contributed by atoms with van der Waals surface area (Å²) in [5.41, 5.74) is 0.746. The molecule has 3 heterocycles. The van der Waals surface area contributed by atoms with Gasteiger partial charge in [0.25, 0.3) is 0 Å². The van der Waals surface area contributed by atoms with Crippen molar-refractivity contribution in [3.63, 3.8) is 0 Å². The Morgan fingerprint density at radius 1 is 1.41 bits per heavy atom. The van der Waals surface area contributed by atoms with Crippen LogP contribution >= 0.6 is 0 Å². The Bertz CT molecular complexity index is 526. The summed E-state index contributed by atoms with van der Waals surface area (Å²) < 4.78 is 30.5. The highest BCUT2D eigenvalue weighted by Gasteiger charge is 2.30. The zero-order chi connectivity index (χ0) is 11.8. The van der Waals surface area contributed by atoms with Gasteiger partial charge in [-0.2, -0.15) is 0 Å². The van der Waals surface area contributed by atoms with Crippen LogP contribution in [0.25, 0.3) is 11.0 Å². The highest BCUT2D eigenvalue weighted by Crippen LogP contribution is 2.31. The summed E-state index contributed by atoms with van der Waals surface area (Å²) in [6.45, 7) is 1.00. The van der Waals surface area contributed by atoms with Crippen LogP contribution in [0.3, 0.4) is 0 Å². The van der Waals surface area contributed by atoms with E-state index in [0.29, 0.717) is 19.5 Å². The van der Waals surface area contributed by atoms with E-state index in [1.54, 1.807) is 18.5 Å². The topological polar surface area (TPSA) is 29.3 Å². The molecule has 2 aromatic heterocycles. The van der Waals surface area contributed by atoms with Gasteiger partial charge in [0.2, 0.25) is 6.43 Å². The number of nitrogens with zero attached hydrogens (tertiary/aromatic N) is 2. The lowest BCUT2D eigenvalue weighted by Crippen LogP contribution is -2.22. The van der Waals surface area contributed by atoms with Gasteiger partial charge in [-0.1, -0.05) is 0 Å². The van der Waals surface area contributed by atoms with E-state index in [1.165, 1.54) is 0 Å². The van der Waals surface area contributed by atoms with Gasteiger partial charge in [-0.15, -0.1) is 0 Å². The Morgan fingerprint density at radius 2 is 2.29 bits per heavy atom. The summed E-state index contributed by atoms with van der Waals surface area (Å²) in [7, 11) is 0. The second kappa shape index (κ2) is 3.98. The maximum absolute atomic E-state index is 12.6. The van der Waals surface area contributed by atoms with Crippen LogP contribution in [0.5, 0.6) is 0 Å². The molecule has 1 saturated heterocycles. The van der Waals surface area contributed by atoms with Crippen molar-refractivity contribution in [3.8, 4) is 0 Å². The van der Waals surface area contributed by atoms with Crippen LogP contribution in [0.4, 0.5) is 14.6 Å². The number of anilines is 1. The highest BCUT2D eigenvalue weighted by molar-refractivity contribution is 5.88. The molecule has 0 bridgehead atoms. The van der Waals surface area contributed by atoms with Crippen LogP contribution in [0.1, 0.15) is 6.42 Å². The van der Waals surface area contributed by atoms with E-state index in [2.05, 4.69) is 4.98 Å². The molecular weight excluding hydrogens is 226 g/mol. The Morgan fingerprint density at radius 3 is 3.06 bits per heavy atom. The molecule has 0 amide bonds. The highest BCUT2D eigenvalue weighted by atomic mass is 19.3. The number of hydrogen-bond acceptors (Lipinski definition) is 3. The maximum Gasteiger partial charge on any atom is 0.243 e. The van der Waals surface area contributed by atoms with E-state index in [4.69, 9.17) is 4.42 Å². The van der Waals surface area contributed by atoms with E-state index >= 15 is 0 Å². The molecule has 1 aliphatic rings. The van der Waals surface area contributed by atoms with E-state index in [-0.39, 0.29) is 0 Å². The molecule has 5 heteroatoms. The van der Waals surface area contributed by atoms with Crippen LogP contribution in [-0.2, 0) is 0 Å². The largest absolute Gasteiger partial charge is 0.464 e. The average molecular weight is 238 g/mol. The quantitative estimate of drug-likeness (QED) is 0.805. The summed E-state index contributed by atoms with van der Waals surface area (Å²) in [4.78, 5) is 6.19. The number of furan rings is 1. The van der Waals surface area contributed by atoms with Crippen LogP contribution in [0, 0.1) is 5.92 Å². The number of halogens is 2. The first-order valence-corrected chi connectivity index (χ1v) is 5.61. The molecule has 90 valence electrons. The first kappa shape index (κ1) is 10.5. The molecule has 3 nitrogen and oxygen atoms in total. The number of hydrogen-bond donors (Lipinski definition) is 0. The Labute approximate surface area is 97.0 Å². The van der Waals surface area contributed by atoms with Gasteiger partial charge in [-0.25, -0.2) is 13.8 Å². The van der Waals surface area contributed by atoms with Crippen LogP contribution in [-0.4, -0.2) is 24.5 Å². The first-order chi connectivity index (χ1) is 8.25. The number of rotatable bonds is 2. The summed E-state index contributed by atoms with van der Waals surface area (Å²) in [5.74, 6) is 0.207. The Balaban J connectivity index is 1.92. The molecular formula is C12H12F2N2O. The maximum atomic E-state index is 12.6. The molecule has 1 unspecified atom stereocenters. The van der Waals surface area contributed by atoms with Gasteiger partial charge in [0.05, 0.1) is 11.6 Å². The van der Waals surface area contributed by atoms with E-state index in [9.17, 15) is 8.78 Å². The van der Waals surface area contributed by atoms with Gasteiger partial charge in [0.15, 0.2) is 0 Å². The zero-order valence-corrected chi connectivity index (χ0v) is 9.14. The summed E-state index contributed by atoms with van der Waals surface area (Å²) in [6, 6.07) is 3.60. The van der Waals surface area contributed by atoms with Crippen molar-refractivity contribution in [1.29, 1.82) is 0 Å². The minimum atomic E-state index is -2.25. The summed E-state index contributed by atoms with van der Waals surface area (Å²) in [6.07, 6.45) is 1.52. The van der Waals surface area contributed by atoms with Crippen molar-refractivity contribution < 1.29 is 13.2 Å². The lowest BCUT2D eigenvalue weighted by Gasteiger charge is -2.17. The van der Waals surface area contributed by atoms with E-state index < -0.39 is 12.3 Å². The fourth-order valence-electron chi connectivity index (χ4n) is 2.32. The minimum Gasteiger partial charge on any atom is -0.464 e. The van der Waals surface area contributed by atoms with Gasteiger partial charge < -0.3 is 9.32 Å². The standard InChI is InChI=1S/C12H12F2N2O/c13-11(14)8-2-5-16(7-8)12-9-3-6-17-10(9)1-4-15-12/h1,3-4,6,8,11H,2,5,7H2. The molecule has 17 heavy (non-hydrogen) atoms. The zero-order valence-electron chi connectivity index (χ0n) is 9.14. The number of aromatic nitrogens is 1. The molecule has 2 aromatic rings. The second-order valence-corrected chi connectivity index (χ2v) is 4.30. The van der Waals surface area contributed by atoms with Crippen molar-refractivity contribution >= 4 is 16.8 Å². The molecule has 1 fully saturated rings. The van der Waals surface area contributed by atoms with Crippen molar-refractivity contribution in [2.24, 2.45) is 5.92 Å².